The zero-order valence-electron chi connectivity index (χ0n) is 25.0. The number of hydrogen-bond acceptors (Lipinski definition) is 4. The van der Waals surface area contributed by atoms with E-state index in [-0.39, 0.29) is 18.9 Å². The van der Waals surface area contributed by atoms with Gasteiger partial charge in [0.25, 0.3) is 5.91 Å². The van der Waals surface area contributed by atoms with Crippen LogP contribution in [0.4, 0.5) is 8.78 Å². The zero-order valence-corrected chi connectivity index (χ0v) is 25.0. The quantitative estimate of drug-likeness (QED) is 0.208. The number of nitrogens with zero attached hydrogens (tertiary/aromatic N) is 1. The molecule has 222 valence electrons. The monoisotopic (exact) mass is 565 g/mol. The number of aryl methyl sites for hydroxylation is 1. The van der Waals surface area contributed by atoms with Crippen molar-refractivity contribution in [2.75, 3.05) is 20.1 Å². The van der Waals surface area contributed by atoms with Gasteiger partial charge >= 0.3 is 0 Å². The van der Waals surface area contributed by atoms with Gasteiger partial charge in [-0.05, 0) is 85.8 Å². The normalized spacial score (nSPS) is 13.0. The SMILES string of the molecule is CCCCN(C)Cc1cc(C)cc(C(=O)N[C@@H](Cc2cc(F)cc(F)c2)[C@@H](O)CNCc2cccc(C(C)C)c2)c1. The fourth-order valence-corrected chi connectivity index (χ4v) is 4.99. The molecule has 0 fully saturated rings. The van der Waals surface area contributed by atoms with Crippen LogP contribution in [0.5, 0.6) is 0 Å². The largest absolute Gasteiger partial charge is 0.390 e. The van der Waals surface area contributed by atoms with E-state index in [1.54, 1.807) is 0 Å². The second-order valence-corrected chi connectivity index (χ2v) is 11.5. The molecule has 7 heteroatoms. The van der Waals surface area contributed by atoms with E-state index in [4.69, 9.17) is 0 Å². The number of aliphatic hydroxyl groups is 1. The molecule has 3 aromatic carbocycles. The first-order valence-electron chi connectivity index (χ1n) is 14.6. The molecule has 1 amide bonds. The second-order valence-electron chi connectivity index (χ2n) is 11.5. The van der Waals surface area contributed by atoms with Crippen molar-refractivity contribution in [3.63, 3.8) is 0 Å². The highest BCUT2D eigenvalue weighted by Gasteiger charge is 2.23. The van der Waals surface area contributed by atoms with E-state index < -0.39 is 23.8 Å². The van der Waals surface area contributed by atoms with Gasteiger partial charge < -0.3 is 20.6 Å². The Kier molecular flexibility index (Phi) is 12.4. The third-order valence-electron chi connectivity index (χ3n) is 7.20. The molecular formula is C34H45F2N3O2. The van der Waals surface area contributed by atoms with Crippen LogP contribution in [0.15, 0.2) is 60.7 Å². The number of benzene rings is 3. The molecule has 41 heavy (non-hydrogen) atoms. The van der Waals surface area contributed by atoms with Crippen molar-refractivity contribution in [3.8, 4) is 0 Å². The number of unbranched alkanes of at least 4 members (excludes halogenated alkanes) is 1. The summed E-state index contributed by atoms with van der Waals surface area (Å²) >= 11 is 0. The molecule has 0 spiro atoms. The smallest absolute Gasteiger partial charge is 0.251 e. The van der Waals surface area contributed by atoms with Crippen molar-refractivity contribution >= 4 is 5.91 Å². The number of rotatable bonds is 15. The summed E-state index contributed by atoms with van der Waals surface area (Å²) < 4.78 is 27.9. The van der Waals surface area contributed by atoms with Crippen molar-refractivity contribution in [1.29, 1.82) is 0 Å². The van der Waals surface area contributed by atoms with Crippen LogP contribution in [0.3, 0.4) is 0 Å². The van der Waals surface area contributed by atoms with Crippen LogP contribution < -0.4 is 10.6 Å². The summed E-state index contributed by atoms with van der Waals surface area (Å²) in [6, 6.07) is 16.5. The summed E-state index contributed by atoms with van der Waals surface area (Å²) in [7, 11) is 2.06. The second kappa shape index (κ2) is 15.8. The zero-order chi connectivity index (χ0) is 29.9. The molecule has 0 aliphatic rings. The Morgan fingerprint density at radius 3 is 2.39 bits per heavy atom. The maximum atomic E-state index is 14.0. The Bertz CT molecular complexity index is 1260. The van der Waals surface area contributed by atoms with Crippen LogP contribution in [0, 0.1) is 18.6 Å². The Balaban J connectivity index is 1.74. The third kappa shape index (κ3) is 10.7. The molecule has 3 aromatic rings. The molecule has 0 heterocycles. The molecule has 0 aromatic heterocycles. The number of nitrogens with one attached hydrogen (secondary N) is 2. The van der Waals surface area contributed by atoms with Crippen molar-refractivity contribution in [2.45, 2.75) is 78.1 Å². The summed E-state index contributed by atoms with van der Waals surface area (Å²) in [5.74, 6) is -1.32. The summed E-state index contributed by atoms with van der Waals surface area (Å²) in [6.45, 7) is 10.8. The predicted octanol–water partition coefficient (Wildman–Crippen LogP) is 6.12. The molecule has 2 atom stereocenters. The summed E-state index contributed by atoms with van der Waals surface area (Å²) in [4.78, 5) is 15.7. The Labute approximate surface area is 244 Å². The average molecular weight is 566 g/mol. The van der Waals surface area contributed by atoms with Crippen LogP contribution in [-0.2, 0) is 19.5 Å². The molecule has 0 radical (unpaired) electrons. The Morgan fingerprint density at radius 2 is 1.71 bits per heavy atom. The first kappa shape index (κ1) is 32.4. The van der Waals surface area contributed by atoms with Crippen LogP contribution in [0.1, 0.15) is 77.7 Å². The lowest BCUT2D eigenvalue weighted by Gasteiger charge is -2.25. The van der Waals surface area contributed by atoms with Crippen LogP contribution in [-0.4, -0.2) is 48.2 Å². The van der Waals surface area contributed by atoms with Crippen molar-refractivity contribution in [3.05, 3.63) is 106 Å². The minimum Gasteiger partial charge on any atom is -0.390 e. The van der Waals surface area contributed by atoms with Crippen LogP contribution >= 0.6 is 0 Å². The van der Waals surface area contributed by atoms with Gasteiger partial charge in [-0.2, -0.15) is 0 Å². The maximum absolute atomic E-state index is 14.0. The van der Waals surface area contributed by atoms with Crippen LogP contribution in [0.2, 0.25) is 0 Å². The van der Waals surface area contributed by atoms with E-state index in [0.29, 0.717) is 23.6 Å². The van der Waals surface area contributed by atoms with Crippen LogP contribution in [0.25, 0.3) is 0 Å². The number of amides is 1. The standard InChI is InChI=1S/C34H45F2N3O2/c1-6-7-11-39(5)22-27-12-24(4)13-29(15-27)34(41)38-32(18-26-16-30(35)19-31(36)17-26)33(40)21-37-20-25-9-8-10-28(14-25)23(2)3/h8-10,12-17,19,23,32-33,37,40H,6-7,11,18,20-22H2,1-5H3,(H,38,41)/t32-,33-/m0/s1. The van der Waals surface area contributed by atoms with E-state index in [2.05, 4.69) is 61.6 Å². The molecule has 0 unspecified atom stereocenters. The molecular weight excluding hydrogens is 520 g/mol. The van der Waals surface area contributed by atoms with E-state index in [1.165, 1.54) is 17.7 Å². The fraction of sp³-hybridized carbons (Fsp3) is 0.441. The number of aliphatic hydroxyl groups excluding tert-OH is 1. The summed E-state index contributed by atoms with van der Waals surface area (Å²) in [6.07, 6.45) is 1.30. The predicted molar refractivity (Wildman–Crippen MR) is 162 cm³/mol. The Morgan fingerprint density at radius 1 is 0.976 bits per heavy atom. The van der Waals surface area contributed by atoms with E-state index in [9.17, 15) is 18.7 Å². The number of hydrogen-bond donors (Lipinski definition) is 3. The molecule has 0 saturated heterocycles. The van der Waals surface area contributed by atoms with Gasteiger partial charge in [-0.25, -0.2) is 8.78 Å². The lowest BCUT2D eigenvalue weighted by atomic mass is 9.99. The van der Waals surface area contributed by atoms with Gasteiger partial charge in [0.2, 0.25) is 0 Å². The minimum absolute atomic E-state index is 0.0739. The molecule has 0 aliphatic carbocycles. The lowest BCUT2D eigenvalue weighted by Crippen LogP contribution is -2.48. The van der Waals surface area contributed by atoms with E-state index >= 15 is 0 Å². The molecule has 3 rings (SSSR count). The molecule has 0 bridgehead atoms. The fourth-order valence-electron chi connectivity index (χ4n) is 4.99. The minimum atomic E-state index is -0.997. The molecule has 5 nitrogen and oxygen atoms in total. The van der Waals surface area contributed by atoms with Crippen molar-refractivity contribution in [1.82, 2.24) is 15.5 Å². The first-order chi connectivity index (χ1) is 19.5. The first-order valence-corrected chi connectivity index (χ1v) is 14.6. The molecule has 0 saturated carbocycles. The van der Waals surface area contributed by atoms with Gasteiger partial charge in [0.1, 0.15) is 11.6 Å². The van der Waals surface area contributed by atoms with Crippen molar-refractivity contribution < 1.29 is 18.7 Å². The highest BCUT2D eigenvalue weighted by molar-refractivity contribution is 5.94. The summed E-state index contributed by atoms with van der Waals surface area (Å²) in [5.41, 5.74) is 5.17. The van der Waals surface area contributed by atoms with Gasteiger partial charge in [-0.1, -0.05) is 63.1 Å². The van der Waals surface area contributed by atoms with Gasteiger partial charge in [0, 0.05) is 31.3 Å². The average Bonchev–Trinajstić information content (AvgIpc) is 2.90. The highest BCUT2D eigenvalue weighted by atomic mass is 19.1. The topological polar surface area (TPSA) is 64.6 Å². The number of carbonyl (C=O) groups excluding carboxylic acids is 1. The van der Waals surface area contributed by atoms with E-state index in [1.807, 2.05) is 31.2 Å². The van der Waals surface area contributed by atoms with Gasteiger partial charge in [-0.15, -0.1) is 0 Å². The summed E-state index contributed by atoms with van der Waals surface area (Å²) in [5, 5.41) is 17.4. The van der Waals surface area contributed by atoms with E-state index in [0.717, 1.165) is 48.7 Å². The number of halogens is 2. The van der Waals surface area contributed by atoms with Crippen molar-refractivity contribution in [2.24, 2.45) is 0 Å². The van der Waals surface area contributed by atoms with Gasteiger partial charge in [-0.3, -0.25) is 4.79 Å². The molecule has 0 aliphatic heterocycles. The lowest BCUT2D eigenvalue weighted by molar-refractivity contribution is 0.0829. The highest BCUT2D eigenvalue weighted by Crippen LogP contribution is 2.17. The maximum Gasteiger partial charge on any atom is 0.251 e. The number of carbonyl (C=O) groups is 1. The Hall–Kier alpha value is -3.13. The molecule has 3 N–H and O–H groups in total. The third-order valence-corrected chi connectivity index (χ3v) is 7.20. The van der Waals surface area contributed by atoms with Gasteiger partial charge in [0.05, 0.1) is 12.1 Å². The van der Waals surface area contributed by atoms with Gasteiger partial charge in [0.15, 0.2) is 0 Å².